The molecule has 0 spiro atoms. The molecule has 2 aromatic rings. The van der Waals surface area contributed by atoms with E-state index in [0.717, 1.165) is 0 Å². The third kappa shape index (κ3) is 3.05. The number of nitrogens with one attached hydrogen (secondary N) is 1. The van der Waals surface area contributed by atoms with Crippen molar-refractivity contribution < 1.29 is 5.11 Å². The van der Waals surface area contributed by atoms with E-state index in [4.69, 9.17) is 0 Å². The van der Waals surface area contributed by atoms with Gasteiger partial charge in [-0.15, -0.1) is 0 Å². The van der Waals surface area contributed by atoms with Gasteiger partial charge in [-0.05, 0) is 26.6 Å². The summed E-state index contributed by atoms with van der Waals surface area (Å²) in [6, 6.07) is 8.82. The molecule has 0 bridgehead atoms. The van der Waals surface area contributed by atoms with Crippen LogP contribution in [0.15, 0.2) is 39.9 Å². The summed E-state index contributed by atoms with van der Waals surface area (Å²) in [6.45, 7) is 2.22. The van der Waals surface area contributed by atoms with Crippen molar-refractivity contribution in [3.8, 4) is 17.0 Å². The van der Waals surface area contributed by atoms with E-state index in [2.05, 4.69) is 4.98 Å². The highest BCUT2D eigenvalue weighted by molar-refractivity contribution is 5.67. The van der Waals surface area contributed by atoms with Crippen LogP contribution in [0.4, 0.5) is 0 Å². The van der Waals surface area contributed by atoms with E-state index in [0.29, 0.717) is 5.56 Å². The molecule has 0 amide bonds. The quantitative estimate of drug-likeness (QED) is 0.875. The minimum absolute atomic E-state index is 0.0307. The van der Waals surface area contributed by atoms with Gasteiger partial charge in [-0.3, -0.25) is 14.3 Å². The second-order valence-electron chi connectivity index (χ2n) is 5.25. The van der Waals surface area contributed by atoms with Gasteiger partial charge in [-0.2, -0.15) is 0 Å². The van der Waals surface area contributed by atoms with Gasteiger partial charge in [0, 0.05) is 12.6 Å². The summed E-state index contributed by atoms with van der Waals surface area (Å²) in [6.07, 6.45) is 0. The highest BCUT2D eigenvalue weighted by atomic mass is 16.3. The van der Waals surface area contributed by atoms with Gasteiger partial charge < -0.3 is 10.0 Å². The summed E-state index contributed by atoms with van der Waals surface area (Å²) in [5.74, 6) is -0.302. The zero-order valence-corrected chi connectivity index (χ0v) is 12.3. The molecule has 0 aliphatic heterocycles. The van der Waals surface area contributed by atoms with E-state index in [1.54, 1.807) is 24.3 Å². The Morgan fingerprint density at radius 3 is 2.43 bits per heavy atom. The maximum Gasteiger partial charge on any atom is 0.331 e. The van der Waals surface area contributed by atoms with E-state index < -0.39 is 11.2 Å². The molecule has 0 saturated carbocycles. The Hall–Kier alpha value is -2.34. The number of aromatic hydroxyl groups is 1. The van der Waals surface area contributed by atoms with Crippen molar-refractivity contribution in [3.63, 3.8) is 0 Å². The van der Waals surface area contributed by atoms with Crippen LogP contribution in [-0.2, 0) is 6.54 Å². The number of likely N-dealkylation sites (N-methyl/N-ethyl adjacent to an activating group) is 1. The molecule has 0 fully saturated rings. The zero-order chi connectivity index (χ0) is 15.6. The molecule has 6 nitrogen and oxygen atoms in total. The van der Waals surface area contributed by atoms with Crippen molar-refractivity contribution in [3.05, 3.63) is 51.2 Å². The van der Waals surface area contributed by atoms with Gasteiger partial charge in [0.25, 0.3) is 5.56 Å². The van der Waals surface area contributed by atoms with Crippen molar-refractivity contribution in [1.29, 1.82) is 0 Å². The van der Waals surface area contributed by atoms with E-state index in [-0.39, 0.29) is 24.0 Å². The fourth-order valence-corrected chi connectivity index (χ4v) is 2.02. The Labute approximate surface area is 122 Å². The van der Waals surface area contributed by atoms with Crippen molar-refractivity contribution in [2.45, 2.75) is 19.5 Å². The first kappa shape index (κ1) is 15.1. The van der Waals surface area contributed by atoms with Gasteiger partial charge in [0.2, 0.25) is 5.88 Å². The normalized spacial score (nSPS) is 12.6. The van der Waals surface area contributed by atoms with Crippen molar-refractivity contribution in [2.24, 2.45) is 0 Å². The van der Waals surface area contributed by atoms with Crippen LogP contribution in [0.1, 0.15) is 6.92 Å². The maximum absolute atomic E-state index is 12.0. The first-order chi connectivity index (χ1) is 9.91. The second-order valence-corrected chi connectivity index (χ2v) is 5.25. The van der Waals surface area contributed by atoms with Crippen LogP contribution < -0.4 is 11.2 Å². The zero-order valence-electron chi connectivity index (χ0n) is 12.3. The van der Waals surface area contributed by atoms with E-state index in [1.165, 1.54) is 4.57 Å². The Bertz CT molecular complexity index is 732. The summed E-state index contributed by atoms with van der Waals surface area (Å²) < 4.78 is 1.19. The van der Waals surface area contributed by atoms with Crippen LogP contribution in [0.2, 0.25) is 0 Å². The maximum atomic E-state index is 12.0. The smallest absolute Gasteiger partial charge is 0.331 e. The molecule has 6 heteroatoms. The molecule has 1 aromatic heterocycles. The summed E-state index contributed by atoms with van der Waals surface area (Å²) in [4.78, 5) is 28.1. The van der Waals surface area contributed by atoms with Crippen LogP contribution in [0.3, 0.4) is 0 Å². The van der Waals surface area contributed by atoms with Crippen LogP contribution >= 0.6 is 0 Å². The largest absolute Gasteiger partial charge is 0.494 e. The van der Waals surface area contributed by atoms with Gasteiger partial charge in [-0.25, -0.2) is 4.79 Å². The molecule has 1 heterocycles. The highest BCUT2D eigenvalue weighted by Gasteiger charge is 2.17. The van der Waals surface area contributed by atoms with Gasteiger partial charge in [0.15, 0.2) is 0 Å². The molecule has 1 atom stereocenters. The summed E-state index contributed by atoms with van der Waals surface area (Å²) in [5, 5.41) is 10.4. The second kappa shape index (κ2) is 5.97. The Kier molecular flexibility index (Phi) is 4.28. The van der Waals surface area contributed by atoms with Gasteiger partial charge in [-0.1, -0.05) is 30.3 Å². The van der Waals surface area contributed by atoms with Gasteiger partial charge in [0.1, 0.15) is 5.56 Å². The topological polar surface area (TPSA) is 78.3 Å². The van der Waals surface area contributed by atoms with E-state index >= 15 is 0 Å². The monoisotopic (exact) mass is 289 g/mol. The number of rotatable bonds is 4. The predicted molar refractivity (Wildman–Crippen MR) is 81.6 cm³/mol. The standard InChI is InChI=1S/C15H19N3O3/c1-10(17(2)3)9-18-14(20)12(13(19)16-15(18)21)11-7-5-4-6-8-11/h4-8,10,20H,9H2,1-3H3,(H,16,19,21). The fraction of sp³-hybridized carbons (Fsp3) is 0.333. The number of H-pyrrole nitrogens is 1. The lowest BCUT2D eigenvalue weighted by Gasteiger charge is -2.21. The van der Waals surface area contributed by atoms with Gasteiger partial charge in [0.05, 0.1) is 0 Å². The summed E-state index contributed by atoms with van der Waals surface area (Å²) in [5.41, 5.74) is -0.507. The molecule has 1 aromatic carbocycles. The molecule has 0 saturated heterocycles. The number of aromatic amines is 1. The molecule has 0 aliphatic rings. The van der Waals surface area contributed by atoms with Crippen molar-refractivity contribution in [2.75, 3.05) is 14.1 Å². The molecule has 112 valence electrons. The van der Waals surface area contributed by atoms with E-state index in [9.17, 15) is 14.7 Å². The van der Waals surface area contributed by atoms with Crippen molar-refractivity contribution in [1.82, 2.24) is 14.5 Å². The minimum atomic E-state index is -0.606. The predicted octanol–water partition coefficient (Wildman–Crippen LogP) is 0.859. The Morgan fingerprint density at radius 2 is 1.86 bits per heavy atom. The number of nitrogens with zero attached hydrogens (tertiary/aromatic N) is 2. The number of hydrogen-bond acceptors (Lipinski definition) is 4. The molecule has 2 N–H and O–H groups in total. The number of benzene rings is 1. The average molecular weight is 289 g/mol. The minimum Gasteiger partial charge on any atom is -0.494 e. The Balaban J connectivity index is 2.59. The average Bonchev–Trinajstić information content (AvgIpc) is 2.44. The third-order valence-electron chi connectivity index (χ3n) is 3.56. The molecule has 0 radical (unpaired) electrons. The summed E-state index contributed by atoms with van der Waals surface area (Å²) in [7, 11) is 3.77. The fourth-order valence-electron chi connectivity index (χ4n) is 2.02. The molecular formula is C15H19N3O3. The first-order valence-corrected chi connectivity index (χ1v) is 6.69. The first-order valence-electron chi connectivity index (χ1n) is 6.69. The van der Waals surface area contributed by atoms with Crippen LogP contribution in [-0.4, -0.2) is 39.7 Å². The van der Waals surface area contributed by atoms with Crippen LogP contribution in [0.25, 0.3) is 11.1 Å². The molecular weight excluding hydrogens is 270 g/mol. The molecule has 1 unspecified atom stereocenters. The highest BCUT2D eigenvalue weighted by Crippen LogP contribution is 2.23. The molecule has 21 heavy (non-hydrogen) atoms. The number of aromatic nitrogens is 2. The number of hydrogen-bond donors (Lipinski definition) is 2. The van der Waals surface area contributed by atoms with Crippen LogP contribution in [0.5, 0.6) is 5.88 Å². The lowest BCUT2D eigenvalue weighted by Crippen LogP contribution is -2.37. The van der Waals surface area contributed by atoms with Crippen LogP contribution in [0, 0.1) is 0 Å². The lowest BCUT2D eigenvalue weighted by molar-refractivity contribution is 0.267. The van der Waals surface area contributed by atoms with E-state index in [1.807, 2.05) is 32.0 Å². The SMILES string of the molecule is CC(Cn1c(O)c(-c2ccccc2)c(=O)[nH]c1=O)N(C)C. The van der Waals surface area contributed by atoms with Crippen molar-refractivity contribution >= 4 is 0 Å². The molecule has 2 rings (SSSR count). The summed E-state index contributed by atoms with van der Waals surface area (Å²) >= 11 is 0. The molecule has 0 aliphatic carbocycles. The lowest BCUT2D eigenvalue weighted by atomic mass is 10.1. The van der Waals surface area contributed by atoms with Gasteiger partial charge >= 0.3 is 5.69 Å². The third-order valence-corrected chi connectivity index (χ3v) is 3.56. The Morgan fingerprint density at radius 1 is 1.24 bits per heavy atom.